The Kier molecular flexibility index (Phi) is 7.03. The summed E-state index contributed by atoms with van der Waals surface area (Å²) in [4.78, 5) is 28.5. The van der Waals surface area contributed by atoms with E-state index < -0.39 is 17.7 Å². The maximum absolute atomic E-state index is 12.5. The molecule has 1 saturated heterocycles. The smallest absolute Gasteiger partial charge is 0.408 e. The first-order valence-electron chi connectivity index (χ1n) is 9.29. The third-order valence-electron chi connectivity index (χ3n) is 4.35. The monoisotopic (exact) mass is 361 g/mol. The molecule has 1 atom stereocenters. The maximum Gasteiger partial charge on any atom is 0.408 e. The SMILES string of the molecule is C[C@@H](NC(=O)OC(C)(C)C)C(=O)N1CCN(CCc2ccccc2)CC1. The molecule has 0 aliphatic carbocycles. The first-order valence-corrected chi connectivity index (χ1v) is 9.29. The summed E-state index contributed by atoms with van der Waals surface area (Å²) in [6.07, 6.45) is 0.464. The molecule has 26 heavy (non-hydrogen) atoms. The third-order valence-corrected chi connectivity index (χ3v) is 4.35. The highest BCUT2D eigenvalue weighted by molar-refractivity contribution is 5.85. The van der Waals surface area contributed by atoms with Crippen LogP contribution in [-0.4, -0.2) is 66.2 Å². The zero-order valence-corrected chi connectivity index (χ0v) is 16.3. The number of alkyl carbamates (subject to hydrolysis) is 1. The van der Waals surface area contributed by atoms with Crippen molar-refractivity contribution in [2.45, 2.75) is 45.8 Å². The molecule has 6 nitrogen and oxygen atoms in total. The number of amides is 2. The summed E-state index contributed by atoms with van der Waals surface area (Å²) in [7, 11) is 0. The van der Waals surface area contributed by atoms with Gasteiger partial charge in [0.1, 0.15) is 11.6 Å². The molecule has 0 radical (unpaired) electrons. The molecule has 0 aromatic heterocycles. The zero-order chi connectivity index (χ0) is 19.2. The fraction of sp³-hybridized carbons (Fsp3) is 0.600. The second-order valence-electron chi connectivity index (χ2n) is 7.77. The van der Waals surface area contributed by atoms with Crippen molar-refractivity contribution in [3.05, 3.63) is 35.9 Å². The predicted molar refractivity (Wildman–Crippen MR) is 102 cm³/mol. The van der Waals surface area contributed by atoms with Crippen LogP contribution < -0.4 is 5.32 Å². The van der Waals surface area contributed by atoms with Gasteiger partial charge in [-0.15, -0.1) is 0 Å². The fourth-order valence-electron chi connectivity index (χ4n) is 2.94. The van der Waals surface area contributed by atoms with E-state index in [0.717, 1.165) is 26.1 Å². The van der Waals surface area contributed by atoms with Crippen molar-refractivity contribution in [3.8, 4) is 0 Å². The molecule has 1 fully saturated rings. The lowest BCUT2D eigenvalue weighted by molar-refractivity contribution is -0.134. The first kappa shape index (κ1) is 20.2. The van der Waals surface area contributed by atoms with Crippen LogP contribution in [0, 0.1) is 0 Å². The highest BCUT2D eigenvalue weighted by Crippen LogP contribution is 2.09. The Labute approximate surface area is 156 Å². The van der Waals surface area contributed by atoms with Gasteiger partial charge in [0.25, 0.3) is 0 Å². The van der Waals surface area contributed by atoms with Crippen LogP contribution in [0.5, 0.6) is 0 Å². The van der Waals surface area contributed by atoms with Gasteiger partial charge in [0.05, 0.1) is 0 Å². The van der Waals surface area contributed by atoms with Crippen LogP contribution in [-0.2, 0) is 16.0 Å². The van der Waals surface area contributed by atoms with Gasteiger partial charge < -0.3 is 15.0 Å². The zero-order valence-electron chi connectivity index (χ0n) is 16.3. The average Bonchev–Trinajstić information content (AvgIpc) is 2.59. The molecular weight excluding hydrogens is 330 g/mol. The van der Waals surface area contributed by atoms with E-state index in [-0.39, 0.29) is 5.91 Å². The molecule has 0 saturated carbocycles. The van der Waals surface area contributed by atoms with Crippen molar-refractivity contribution in [1.82, 2.24) is 15.1 Å². The van der Waals surface area contributed by atoms with E-state index in [1.165, 1.54) is 5.56 Å². The number of hydrogen-bond acceptors (Lipinski definition) is 4. The molecule has 2 rings (SSSR count). The Balaban J connectivity index is 1.72. The normalized spacial score (nSPS) is 16.8. The van der Waals surface area contributed by atoms with Gasteiger partial charge in [-0.25, -0.2) is 4.79 Å². The molecule has 0 spiro atoms. The summed E-state index contributed by atoms with van der Waals surface area (Å²) in [5.41, 5.74) is 0.762. The van der Waals surface area contributed by atoms with Gasteiger partial charge >= 0.3 is 6.09 Å². The number of nitrogens with one attached hydrogen (secondary N) is 1. The van der Waals surface area contributed by atoms with Crippen molar-refractivity contribution < 1.29 is 14.3 Å². The molecule has 1 aliphatic rings. The summed E-state index contributed by atoms with van der Waals surface area (Å²) in [6.45, 7) is 11.2. The van der Waals surface area contributed by atoms with Crippen molar-refractivity contribution in [2.24, 2.45) is 0 Å². The van der Waals surface area contributed by atoms with Crippen molar-refractivity contribution in [3.63, 3.8) is 0 Å². The Morgan fingerprint density at radius 1 is 1.12 bits per heavy atom. The van der Waals surface area contributed by atoms with Crippen molar-refractivity contribution in [2.75, 3.05) is 32.7 Å². The Morgan fingerprint density at radius 3 is 2.31 bits per heavy atom. The van der Waals surface area contributed by atoms with Crippen LogP contribution in [0.4, 0.5) is 4.79 Å². The lowest BCUT2D eigenvalue weighted by Crippen LogP contribution is -2.54. The summed E-state index contributed by atoms with van der Waals surface area (Å²) in [5.74, 6) is -0.0569. The Morgan fingerprint density at radius 2 is 1.73 bits per heavy atom. The molecule has 144 valence electrons. The van der Waals surface area contributed by atoms with Crippen molar-refractivity contribution >= 4 is 12.0 Å². The minimum Gasteiger partial charge on any atom is -0.444 e. The maximum atomic E-state index is 12.5. The van der Waals surface area contributed by atoms with E-state index in [4.69, 9.17) is 4.74 Å². The van der Waals surface area contributed by atoms with Gasteiger partial charge in [-0.1, -0.05) is 30.3 Å². The van der Waals surface area contributed by atoms with Crippen molar-refractivity contribution in [1.29, 1.82) is 0 Å². The number of carbonyl (C=O) groups excluding carboxylic acids is 2. The lowest BCUT2D eigenvalue weighted by atomic mass is 10.1. The van der Waals surface area contributed by atoms with E-state index in [1.54, 1.807) is 27.7 Å². The molecule has 2 amide bonds. The minimum atomic E-state index is -0.583. The molecule has 1 aromatic rings. The predicted octanol–water partition coefficient (Wildman–Crippen LogP) is 2.29. The standard InChI is InChI=1S/C20H31N3O3/c1-16(21-19(25)26-20(2,3)4)18(24)23-14-12-22(13-15-23)11-10-17-8-6-5-7-9-17/h5-9,16H,10-15H2,1-4H3,(H,21,25)/t16-/m1/s1. The number of benzene rings is 1. The first-order chi connectivity index (χ1) is 12.2. The van der Waals surface area contributed by atoms with Crippen LogP contribution in [0.15, 0.2) is 30.3 Å². The summed E-state index contributed by atoms with van der Waals surface area (Å²) in [5, 5.41) is 2.63. The summed E-state index contributed by atoms with van der Waals surface area (Å²) < 4.78 is 5.21. The second-order valence-corrected chi connectivity index (χ2v) is 7.77. The highest BCUT2D eigenvalue weighted by atomic mass is 16.6. The highest BCUT2D eigenvalue weighted by Gasteiger charge is 2.27. The van der Waals surface area contributed by atoms with Crippen LogP contribution in [0.2, 0.25) is 0 Å². The molecular formula is C20H31N3O3. The van der Waals surface area contributed by atoms with E-state index in [0.29, 0.717) is 13.1 Å². The molecule has 1 N–H and O–H groups in total. The Bertz CT molecular complexity index is 590. The number of ether oxygens (including phenoxy) is 1. The number of rotatable bonds is 5. The van der Waals surface area contributed by atoms with E-state index in [1.807, 2.05) is 11.0 Å². The number of carbonyl (C=O) groups is 2. The van der Waals surface area contributed by atoms with Crippen LogP contribution >= 0.6 is 0 Å². The minimum absolute atomic E-state index is 0.0569. The van der Waals surface area contributed by atoms with Crippen LogP contribution in [0.25, 0.3) is 0 Å². The van der Waals surface area contributed by atoms with E-state index in [9.17, 15) is 9.59 Å². The molecule has 1 aliphatic heterocycles. The van der Waals surface area contributed by atoms with Crippen LogP contribution in [0.3, 0.4) is 0 Å². The molecule has 6 heteroatoms. The number of hydrogen-bond donors (Lipinski definition) is 1. The molecule has 1 aromatic carbocycles. The summed E-state index contributed by atoms with van der Waals surface area (Å²) >= 11 is 0. The lowest BCUT2D eigenvalue weighted by Gasteiger charge is -2.36. The topological polar surface area (TPSA) is 61.9 Å². The largest absolute Gasteiger partial charge is 0.444 e. The Hall–Kier alpha value is -2.08. The quantitative estimate of drug-likeness (QED) is 0.874. The van der Waals surface area contributed by atoms with Gasteiger partial charge in [-0.2, -0.15) is 0 Å². The number of nitrogens with zero attached hydrogens (tertiary/aromatic N) is 2. The molecule has 0 bridgehead atoms. The average molecular weight is 361 g/mol. The third kappa shape index (κ3) is 6.67. The van der Waals surface area contributed by atoms with Gasteiger partial charge in [-0.05, 0) is 39.7 Å². The second kappa shape index (κ2) is 9.03. The summed E-state index contributed by atoms with van der Waals surface area (Å²) in [6, 6.07) is 9.85. The fourth-order valence-corrected chi connectivity index (χ4v) is 2.94. The van der Waals surface area contributed by atoms with Gasteiger partial charge in [0.2, 0.25) is 5.91 Å². The van der Waals surface area contributed by atoms with Gasteiger partial charge in [0, 0.05) is 32.7 Å². The van der Waals surface area contributed by atoms with Crippen LogP contribution in [0.1, 0.15) is 33.3 Å². The van der Waals surface area contributed by atoms with Gasteiger partial charge in [0.15, 0.2) is 0 Å². The van der Waals surface area contributed by atoms with Gasteiger partial charge in [-0.3, -0.25) is 9.69 Å². The number of piperazine rings is 1. The van der Waals surface area contributed by atoms with E-state index >= 15 is 0 Å². The molecule has 0 unspecified atom stereocenters. The van der Waals surface area contributed by atoms with E-state index in [2.05, 4.69) is 34.5 Å². The molecule has 1 heterocycles.